The molecule has 9 nitrogen and oxygen atoms in total. The van der Waals surface area contributed by atoms with Crippen LogP contribution in [0.3, 0.4) is 0 Å². The van der Waals surface area contributed by atoms with Crippen molar-refractivity contribution in [3.8, 4) is 5.69 Å². The molecule has 4 rings (SSSR count). The zero-order chi connectivity index (χ0) is 27.8. The van der Waals surface area contributed by atoms with Crippen molar-refractivity contribution >= 4 is 29.3 Å². The Morgan fingerprint density at radius 3 is 2.34 bits per heavy atom. The Morgan fingerprint density at radius 1 is 1.11 bits per heavy atom. The minimum atomic E-state index is -4.75. The molecule has 1 unspecified atom stereocenters. The van der Waals surface area contributed by atoms with Crippen molar-refractivity contribution in [2.75, 3.05) is 18.1 Å². The summed E-state index contributed by atoms with van der Waals surface area (Å²) in [4.78, 5) is 52.7. The summed E-state index contributed by atoms with van der Waals surface area (Å²) in [6.07, 6.45) is -3.73. The lowest BCUT2D eigenvalue weighted by molar-refractivity contribution is -0.137. The molecule has 1 aliphatic rings. The Bertz CT molecular complexity index is 1520. The van der Waals surface area contributed by atoms with E-state index in [2.05, 4.69) is 5.32 Å². The minimum Gasteiger partial charge on any atom is -0.462 e. The van der Waals surface area contributed by atoms with Gasteiger partial charge in [-0.2, -0.15) is 13.2 Å². The van der Waals surface area contributed by atoms with Gasteiger partial charge in [0.05, 0.1) is 29.4 Å². The molecule has 1 N–H and O–H groups in total. The highest BCUT2D eigenvalue weighted by Crippen LogP contribution is 2.36. The molecular formula is C25H22ClF3N4O5. The molecule has 3 aromatic rings. The first-order chi connectivity index (χ1) is 17.9. The van der Waals surface area contributed by atoms with Crippen molar-refractivity contribution in [2.45, 2.75) is 32.6 Å². The summed E-state index contributed by atoms with van der Waals surface area (Å²) < 4.78 is 46.6. The first kappa shape index (κ1) is 27.0. The van der Waals surface area contributed by atoms with Crippen molar-refractivity contribution in [3.63, 3.8) is 0 Å². The maximum atomic E-state index is 13.4. The number of nitrogens with zero attached hydrogens (tertiary/aromatic N) is 3. The Kier molecular flexibility index (Phi) is 7.36. The van der Waals surface area contributed by atoms with E-state index in [0.717, 1.165) is 22.9 Å². The molecule has 2 aromatic carbocycles. The quantitative estimate of drug-likeness (QED) is 0.470. The second-order valence-corrected chi connectivity index (χ2v) is 8.94. The van der Waals surface area contributed by atoms with Crippen LogP contribution in [-0.2, 0) is 17.5 Å². The average molecular weight is 551 g/mol. The Morgan fingerprint density at radius 2 is 1.76 bits per heavy atom. The molecule has 1 atom stereocenters. The third kappa shape index (κ3) is 5.17. The lowest BCUT2D eigenvalue weighted by atomic mass is 10.1. The highest BCUT2D eigenvalue weighted by atomic mass is 35.5. The Labute approximate surface area is 219 Å². The predicted molar refractivity (Wildman–Crippen MR) is 133 cm³/mol. The Hall–Kier alpha value is -4.06. The number of hydrogen-bond donors (Lipinski definition) is 1. The molecule has 200 valence electrons. The zero-order valence-corrected chi connectivity index (χ0v) is 21.0. The van der Waals surface area contributed by atoms with Crippen LogP contribution in [0.5, 0.6) is 0 Å². The van der Waals surface area contributed by atoms with E-state index >= 15 is 0 Å². The smallest absolute Gasteiger partial charge is 0.417 e. The van der Waals surface area contributed by atoms with E-state index in [1.54, 1.807) is 12.1 Å². The van der Waals surface area contributed by atoms with Gasteiger partial charge in [-0.15, -0.1) is 0 Å². The maximum absolute atomic E-state index is 13.4. The minimum absolute atomic E-state index is 0.0526. The van der Waals surface area contributed by atoms with Gasteiger partial charge in [0.15, 0.2) is 0 Å². The number of carbonyl (C=O) groups is 2. The number of anilines is 1. The molecule has 0 bridgehead atoms. The van der Waals surface area contributed by atoms with Crippen LogP contribution in [0.25, 0.3) is 5.69 Å². The summed E-state index contributed by atoms with van der Waals surface area (Å²) in [5.74, 6) is -1.01. The standard InChI is InChI=1S/C25H22ClF3N4O5/c1-3-38-22(35)18-13-32(17-9-7-16(8-10-17)31-11-14(2)30-23(31)36)24(37)33(21(18)34)12-15-5-4-6-19(20(15)26)25(27,28)29/h4-10,13-14H,3,11-12H2,1-2H3,(H,30,36). The fourth-order valence-corrected chi connectivity index (χ4v) is 4.37. The van der Waals surface area contributed by atoms with E-state index in [4.69, 9.17) is 16.3 Å². The largest absolute Gasteiger partial charge is 0.462 e. The number of amides is 2. The van der Waals surface area contributed by atoms with Crippen LogP contribution in [0.15, 0.2) is 58.3 Å². The molecule has 2 heterocycles. The van der Waals surface area contributed by atoms with Crippen LogP contribution in [0.2, 0.25) is 5.02 Å². The molecule has 0 radical (unpaired) electrons. The molecule has 13 heteroatoms. The van der Waals surface area contributed by atoms with Gasteiger partial charge in [0, 0.05) is 24.5 Å². The van der Waals surface area contributed by atoms with Crippen LogP contribution in [0.1, 0.15) is 35.3 Å². The molecule has 38 heavy (non-hydrogen) atoms. The zero-order valence-electron chi connectivity index (χ0n) is 20.2. The van der Waals surface area contributed by atoms with Gasteiger partial charge in [-0.3, -0.25) is 18.8 Å². The van der Waals surface area contributed by atoms with E-state index in [1.807, 2.05) is 6.92 Å². The summed E-state index contributed by atoms with van der Waals surface area (Å²) in [6.45, 7) is 3.14. The molecule has 2 amide bonds. The summed E-state index contributed by atoms with van der Waals surface area (Å²) >= 11 is 5.99. The van der Waals surface area contributed by atoms with E-state index in [0.29, 0.717) is 16.8 Å². The topological polar surface area (TPSA) is 103 Å². The van der Waals surface area contributed by atoms with Gasteiger partial charge in [-0.1, -0.05) is 23.7 Å². The van der Waals surface area contributed by atoms with Crippen LogP contribution < -0.4 is 21.5 Å². The van der Waals surface area contributed by atoms with E-state index < -0.39 is 46.1 Å². The maximum Gasteiger partial charge on any atom is 0.417 e. The van der Waals surface area contributed by atoms with Crippen LogP contribution >= 0.6 is 11.6 Å². The number of hydrogen-bond acceptors (Lipinski definition) is 5. The highest BCUT2D eigenvalue weighted by molar-refractivity contribution is 6.32. The number of rotatable bonds is 6. The van der Waals surface area contributed by atoms with Crippen LogP contribution in [-0.4, -0.2) is 40.3 Å². The van der Waals surface area contributed by atoms with Crippen molar-refractivity contribution in [3.05, 3.63) is 91.2 Å². The number of ether oxygens (including phenoxy) is 1. The van der Waals surface area contributed by atoms with Crippen molar-refractivity contribution in [1.29, 1.82) is 0 Å². The number of urea groups is 1. The molecule has 1 aromatic heterocycles. The van der Waals surface area contributed by atoms with E-state index in [9.17, 15) is 32.3 Å². The fourth-order valence-electron chi connectivity index (χ4n) is 4.07. The third-order valence-electron chi connectivity index (χ3n) is 5.89. The van der Waals surface area contributed by atoms with Gasteiger partial charge in [0.25, 0.3) is 5.56 Å². The number of nitrogens with one attached hydrogen (secondary N) is 1. The van der Waals surface area contributed by atoms with Crippen LogP contribution in [0, 0.1) is 0 Å². The first-order valence-corrected chi connectivity index (χ1v) is 11.9. The number of aromatic nitrogens is 2. The van der Waals surface area contributed by atoms with Gasteiger partial charge >= 0.3 is 23.9 Å². The summed E-state index contributed by atoms with van der Waals surface area (Å²) in [7, 11) is 0. The summed E-state index contributed by atoms with van der Waals surface area (Å²) in [5.41, 5.74) is -2.93. The molecule has 1 fully saturated rings. The molecule has 0 aliphatic carbocycles. The number of carbonyl (C=O) groups excluding carboxylic acids is 2. The number of halogens is 4. The lowest BCUT2D eigenvalue weighted by Crippen LogP contribution is -2.42. The molecule has 1 aliphatic heterocycles. The van der Waals surface area contributed by atoms with Crippen molar-refractivity contribution in [1.82, 2.24) is 14.5 Å². The van der Waals surface area contributed by atoms with Gasteiger partial charge in [-0.25, -0.2) is 14.4 Å². The lowest BCUT2D eigenvalue weighted by Gasteiger charge is -2.17. The molecular weight excluding hydrogens is 529 g/mol. The number of benzene rings is 2. The van der Waals surface area contributed by atoms with Gasteiger partial charge in [0.2, 0.25) is 0 Å². The molecule has 0 spiro atoms. The van der Waals surface area contributed by atoms with E-state index in [-0.39, 0.29) is 29.9 Å². The fraction of sp³-hybridized carbons (Fsp3) is 0.280. The number of alkyl halides is 3. The molecule has 0 saturated carbocycles. The van der Waals surface area contributed by atoms with Gasteiger partial charge < -0.3 is 10.1 Å². The van der Waals surface area contributed by atoms with Crippen molar-refractivity contribution in [2.24, 2.45) is 0 Å². The summed E-state index contributed by atoms with van der Waals surface area (Å²) in [6, 6.07) is 9.00. The Balaban J connectivity index is 1.82. The second-order valence-electron chi connectivity index (χ2n) is 8.56. The first-order valence-electron chi connectivity index (χ1n) is 11.5. The van der Waals surface area contributed by atoms with Crippen LogP contribution in [0.4, 0.5) is 23.7 Å². The average Bonchev–Trinajstić information content (AvgIpc) is 3.20. The van der Waals surface area contributed by atoms with Crippen molar-refractivity contribution < 1.29 is 27.5 Å². The predicted octanol–water partition coefficient (Wildman–Crippen LogP) is 3.81. The normalized spacial score (nSPS) is 15.5. The monoisotopic (exact) mass is 550 g/mol. The SMILES string of the molecule is CCOC(=O)c1cn(-c2ccc(N3CC(C)NC3=O)cc2)c(=O)n(Cc2cccc(C(F)(F)F)c2Cl)c1=O. The van der Waals surface area contributed by atoms with E-state index in [1.165, 1.54) is 30.0 Å². The second kappa shape index (κ2) is 10.4. The third-order valence-corrected chi connectivity index (χ3v) is 6.34. The number of esters is 1. The highest BCUT2D eigenvalue weighted by Gasteiger charge is 2.34. The summed E-state index contributed by atoms with van der Waals surface area (Å²) in [5, 5.41) is 2.10. The molecule has 1 saturated heterocycles. The van der Waals surface area contributed by atoms with Gasteiger partial charge in [0.1, 0.15) is 5.56 Å². The van der Waals surface area contributed by atoms with Gasteiger partial charge in [-0.05, 0) is 49.7 Å².